The first-order valence-electron chi connectivity index (χ1n) is 5.02. The number of hydrogen-bond acceptors (Lipinski definition) is 2. The zero-order valence-corrected chi connectivity index (χ0v) is 8.92. The Morgan fingerprint density at radius 2 is 2.07 bits per heavy atom. The number of nitrogens with one attached hydrogen (secondary N) is 1. The van der Waals surface area contributed by atoms with Gasteiger partial charge in [0.1, 0.15) is 5.82 Å². The van der Waals surface area contributed by atoms with Crippen LogP contribution in [0.25, 0.3) is 0 Å². The quantitative estimate of drug-likeness (QED) is 0.727. The fourth-order valence-corrected chi connectivity index (χ4v) is 1.08. The lowest BCUT2D eigenvalue weighted by molar-refractivity contribution is 0.192. The van der Waals surface area contributed by atoms with Crippen LogP contribution in [-0.4, -0.2) is 6.61 Å². The highest BCUT2D eigenvalue weighted by atomic mass is 19.1. The summed E-state index contributed by atoms with van der Waals surface area (Å²) in [6.07, 6.45) is 0.956. The highest BCUT2D eigenvalue weighted by molar-refractivity contribution is 5.16. The average Bonchev–Trinajstić information content (AvgIpc) is 2.25. The molecule has 3 heteroatoms. The number of benzene rings is 1. The Bertz CT molecular complexity index is 308. The van der Waals surface area contributed by atoms with Crippen molar-refractivity contribution in [3.63, 3.8) is 0 Å². The second-order valence-electron chi connectivity index (χ2n) is 3.25. The third kappa shape index (κ3) is 4.49. The second kappa shape index (κ2) is 6.06. The summed E-state index contributed by atoms with van der Waals surface area (Å²) < 4.78 is 17.8. The Labute approximate surface area is 89.8 Å². The van der Waals surface area contributed by atoms with E-state index in [9.17, 15) is 4.39 Å². The molecule has 0 heterocycles. The van der Waals surface area contributed by atoms with Crippen LogP contribution in [0.1, 0.15) is 18.9 Å². The van der Waals surface area contributed by atoms with Crippen LogP contribution in [0.4, 0.5) is 4.39 Å². The van der Waals surface area contributed by atoms with Crippen molar-refractivity contribution in [2.24, 2.45) is 0 Å². The molecule has 2 nitrogen and oxygen atoms in total. The molecule has 0 spiro atoms. The third-order valence-electron chi connectivity index (χ3n) is 1.88. The van der Waals surface area contributed by atoms with Crippen LogP contribution < -0.4 is 5.32 Å². The first-order chi connectivity index (χ1) is 7.22. The lowest BCUT2D eigenvalue weighted by Gasteiger charge is -2.10. The van der Waals surface area contributed by atoms with Gasteiger partial charge in [-0.05, 0) is 30.7 Å². The van der Waals surface area contributed by atoms with E-state index in [0.29, 0.717) is 19.0 Å². The van der Waals surface area contributed by atoms with Crippen molar-refractivity contribution in [1.82, 2.24) is 5.32 Å². The highest BCUT2D eigenvalue weighted by Crippen LogP contribution is 2.03. The zero-order chi connectivity index (χ0) is 11.1. The van der Waals surface area contributed by atoms with Crippen LogP contribution in [0.15, 0.2) is 36.7 Å². The normalized spacial score (nSPS) is 9.73. The summed E-state index contributed by atoms with van der Waals surface area (Å²) in [4.78, 5) is 0. The van der Waals surface area contributed by atoms with Crippen LogP contribution in [0.3, 0.4) is 0 Å². The molecule has 0 amide bonds. The Morgan fingerprint density at radius 1 is 1.40 bits per heavy atom. The van der Waals surface area contributed by atoms with E-state index in [1.807, 2.05) is 6.92 Å². The Hall–Kier alpha value is -1.51. The molecular weight excluding hydrogens is 193 g/mol. The topological polar surface area (TPSA) is 21.3 Å². The van der Waals surface area contributed by atoms with E-state index in [2.05, 4.69) is 11.9 Å². The van der Waals surface area contributed by atoms with E-state index < -0.39 is 0 Å². The van der Waals surface area contributed by atoms with Crippen molar-refractivity contribution in [1.29, 1.82) is 0 Å². The summed E-state index contributed by atoms with van der Waals surface area (Å²) in [5.41, 5.74) is 0.998. The van der Waals surface area contributed by atoms with Gasteiger partial charge >= 0.3 is 0 Å². The minimum Gasteiger partial charge on any atom is -0.480 e. The molecule has 82 valence electrons. The molecule has 1 aromatic rings. The van der Waals surface area contributed by atoms with E-state index in [-0.39, 0.29) is 5.82 Å². The van der Waals surface area contributed by atoms with Gasteiger partial charge in [0.05, 0.1) is 6.61 Å². The summed E-state index contributed by atoms with van der Waals surface area (Å²) >= 11 is 0. The molecule has 0 bridgehead atoms. The molecule has 1 rings (SSSR count). The summed E-state index contributed by atoms with van der Waals surface area (Å²) in [7, 11) is 0. The van der Waals surface area contributed by atoms with Gasteiger partial charge in [0.2, 0.25) is 0 Å². The molecular formula is C12H16FNO. The van der Waals surface area contributed by atoms with E-state index in [4.69, 9.17) is 4.74 Å². The molecule has 1 N–H and O–H groups in total. The molecule has 0 atom stereocenters. The molecule has 0 aromatic heterocycles. The standard InChI is InChI=1S/C12H16FNO/c1-3-8-15-10(2)14-9-11-4-6-12(13)7-5-11/h4-7,14H,2-3,8-9H2,1H3. The first kappa shape index (κ1) is 11.6. The van der Waals surface area contributed by atoms with Crippen LogP contribution in [-0.2, 0) is 11.3 Å². The number of halogens is 1. The van der Waals surface area contributed by atoms with E-state index in [0.717, 1.165) is 12.0 Å². The molecule has 0 aliphatic heterocycles. The summed E-state index contributed by atoms with van der Waals surface area (Å²) in [6, 6.07) is 6.34. The lowest BCUT2D eigenvalue weighted by Crippen LogP contribution is -2.14. The fraction of sp³-hybridized carbons (Fsp3) is 0.333. The molecule has 0 saturated heterocycles. The maximum atomic E-state index is 12.6. The molecule has 15 heavy (non-hydrogen) atoms. The molecule has 0 unspecified atom stereocenters. The van der Waals surface area contributed by atoms with Crippen LogP contribution in [0.5, 0.6) is 0 Å². The Balaban J connectivity index is 2.30. The van der Waals surface area contributed by atoms with Gasteiger partial charge in [0, 0.05) is 6.54 Å². The van der Waals surface area contributed by atoms with Gasteiger partial charge in [0.15, 0.2) is 5.88 Å². The summed E-state index contributed by atoms with van der Waals surface area (Å²) in [5, 5.41) is 3.01. The van der Waals surface area contributed by atoms with Crippen molar-refractivity contribution in [3.05, 3.63) is 48.1 Å². The smallest absolute Gasteiger partial charge is 0.179 e. The van der Waals surface area contributed by atoms with Crippen molar-refractivity contribution in [2.45, 2.75) is 19.9 Å². The SMILES string of the molecule is C=C(NCc1ccc(F)cc1)OCCC. The van der Waals surface area contributed by atoms with Gasteiger partial charge in [-0.2, -0.15) is 0 Å². The fourth-order valence-electron chi connectivity index (χ4n) is 1.08. The molecule has 0 fully saturated rings. The van der Waals surface area contributed by atoms with Gasteiger partial charge in [-0.25, -0.2) is 4.39 Å². The van der Waals surface area contributed by atoms with Gasteiger partial charge < -0.3 is 10.1 Å². The van der Waals surface area contributed by atoms with Crippen LogP contribution >= 0.6 is 0 Å². The lowest BCUT2D eigenvalue weighted by atomic mass is 10.2. The second-order valence-corrected chi connectivity index (χ2v) is 3.25. The molecule has 0 aliphatic carbocycles. The van der Waals surface area contributed by atoms with Crippen molar-refractivity contribution < 1.29 is 9.13 Å². The van der Waals surface area contributed by atoms with Crippen LogP contribution in [0, 0.1) is 5.82 Å². The van der Waals surface area contributed by atoms with Gasteiger partial charge in [-0.3, -0.25) is 0 Å². The largest absolute Gasteiger partial charge is 0.480 e. The van der Waals surface area contributed by atoms with Crippen molar-refractivity contribution in [3.8, 4) is 0 Å². The monoisotopic (exact) mass is 209 g/mol. The van der Waals surface area contributed by atoms with E-state index in [1.54, 1.807) is 12.1 Å². The third-order valence-corrected chi connectivity index (χ3v) is 1.88. The Morgan fingerprint density at radius 3 is 2.67 bits per heavy atom. The molecule has 1 aromatic carbocycles. The Kier molecular flexibility index (Phi) is 4.68. The predicted molar refractivity (Wildman–Crippen MR) is 58.6 cm³/mol. The summed E-state index contributed by atoms with van der Waals surface area (Å²) in [5.74, 6) is 0.334. The zero-order valence-electron chi connectivity index (χ0n) is 8.92. The highest BCUT2D eigenvalue weighted by Gasteiger charge is 1.95. The number of hydrogen-bond donors (Lipinski definition) is 1. The van der Waals surface area contributed by atoms with Crippen molar-refractivity contribution in [2.75, 3.05) is 6.61 Å². The predicted octanol–water partition coefficient (Wildman–Crippen LogP) is 2.81. The number of ether oxygens (including phenoxy) is 1. The minimum absolute atomic E-state index is 0.222. The van der Waals surface area contributed by atoms with Crippen molar-refractivity contribution >= 4 is 0 Å². The molecule has 0 radical (unpaired) electrons. The molecule has 0 aliphatic rings. The van der Waals surface area contributed by atoms with Gasteiger partial charge in [0.25, 0.3) is 0 Å². The van der Waals surface area contributed by atoms with E-state index in [1.165, 1.54) is 12.1 Å². The summed E-state index contributed by atoms with van der Waals surface area (Å²) in [6.45, 7) is 7.01. The average molecular weight is 209 g/mol. The van der Waals surface area contributed by atoms with E-state index >= 15 is 0 Å². The number of rotatable bonds is 6. The first-order valence-corrected chi connectivity index (χ1v) is 5.02. The maximum Gasteiger partial charge on any atom is 0.179 e. The molecule has 0 saturated carbocycles. The van der Waals surface area contributed by atoms with Crippen LogP contribution in [0.2, 0.25) is 0 Å². The van der Waals surface area contributed by atoms with Gasteiger partial charge in [-0.15, -0.1) is 0 Å². The minimum atomic E-state index is -0.222. The van der Waals surface area contributed by atoms with Gasteiger partial charge in [-0.1, -0.05) is 19.1 Å². The maximum absolute atomic E-state index is 12.6.